The Morgan fingerprint density at radius 2 is 2.15 bits per heavy atom. The summed E-state index contributed by atoms with van der Waals surface area (Å²) in [6.45, 7) is 0. The summed E-state index contributed by atoms with van der Waals surface area (Å²) in [5, 5.41) is 23.8. The molecule has 9 heteroatoms. The standard InChI is InChI=1S/C17H10ClFN4O3/c1-26-15-6-11(23(24)25)5-12-16(9(7-20)8-21-17(12)15)22-14-3-2-10(18)4-13(14)19/h2-6,8H,1H3,(H,21,22). The molecule has 3 aromatic rings. The predicted molar refractivity (Wildman–Crippen MR) is 94.4 cm³/mol. The Morgan fingerprint density at radius 1 is 1.38 bits per heavy atom. The van der Waals surface area contributed by atoms with Crippen LogP contribution in [0.1, 0.15) is 5.56 Å². The monoisotopic (exact) mass is 372 g/mol. The maximum Gasteiger partial charge on any atom is 0.273 e. The van der Waals surface area contributed by atoms with Crippen molar-refractivity contribution in [1.29, 1.82) is 5.26 Å². The maximum absolute atomic E-state index is 14.1. The van der Waals surface area contributed by atoms with Crippen LogP contribution in [-0.2, 0) is 0 Å². The lowest BCUT2D eigenvalue weighted by molar-refractivity contribution is -0.384. The highest BCUT2D eigenvalue weighted by Crippen LogP contribution is 2.37. The minimum Gasteiger partial charge on any atom is -0.494 e. The van der Waals surface area contributed by atoms with Gasteiger partial charge in [-0.25, -0.2) is 4.39 Å². The minimum atomic E-state index is -0.635. The predicted octanol–water partition coefficient (Wildman–Crippen LogP) is 4.56. The number of nitrogens with one attached hydrogen (secondary N) is 1. The van der Waals surface area contributed by atoms with Gasteiger partial charge in [-0.3, -0.25) is 15.1 Å². The summed E-state index contributed by atoms with van der Waals surface area (Å²) in [6, 6.07) is 8.42. The molecule has 1 aromatic heterocycles. The second-order valence-corrected chi connectivity index (χ2v) is 5.65. The van der Waals surface area contributed by atoms with E-state index in [2.05, 4.69) is 10.3 Å². The van der Waals surface area contributed by atoms with Crippen molar-refractivity contribution in [3.8, 4) is 11.8 Å². The molecule has 0 amide bonds. The van der Waals surface area contributed by atoms with E-state index in [0.717, 1.165) is 6.07 Å². The first-order chi connectivity index (χ1) is 12.4. The molecule has 0 aliphatic rings. The fraction of sp³-hybridized carbons (Fsp3) is 0.0588. The van der Waals surface area contributed by atoms with E-state index in [1.165, 1.54) is 37.6 Å². The number of methoxy groups -OCH3 is 1. The van der Waals surface area contributed by atoms with Gasteiger partial charge in [0.1, 0.15) is 17.4 Å². The van der Waals surface area contributed by atoms with Crippen LogP contribution in [0.5, 0.6) is 5.75 Å². The molecule has 26 heavy (non-hydrogen) atoms. The molecular weight excluding hydrogens is 363 g/mol. The van der Waals surface area contributed by atoms with Gasteiger partial charge in [-0.15, -0.1) is 0 Å². The van der Waals surface area contributed by atoms with Crippen molar-refractivity contribution in [2.45, 2.75) is 0 Å². The zero-order chi connectivity index (χ0) is 18.8. The lowest BCUT2D eigenvalue weighted by atomic mass is 10.1. The topological polar surface area (TPSA) is 101 Å². The summed E-state index contributed by atoms with van der Waals surface area (Å²) in [5.74, 6) is -0.470. The number of benzene rings is 2. The van der Waals surface area contributed by atoms with Gasteiger partial charge in [-0.05, 0) is 18.2 Å². The quantitative estimate of drug-likeness (QED) is 0.532. The third-order valence-corrected chi connectivity index (χ3v) is 3.90. The molecule has 130 valence electrons. The summed E-state index contributed by atoms with van der Waals surface area (Å²) in [7, 11) is 1.35. The zero-order valence-electron chi connectivity index (χ0n) is 13.3. The zero-order valence-corrected chi connectivity index (χ0v) is 14.0. The Hall–Kier alpha value is -3.44. The van der Waals surface area contributed by atoms with Crippen molar-refractivity contribution in [2.24, 2.45) is 0 Å². The van der Waals surface area contributed by atoms with Crippen LogP contribution in [0.25, 0.3) is 10.9 Å². The Morgan fingerprint density at radius 3 is 2.77 bits per heavy atom. The number of hydrogen-bond acceptors (Lipinski definition) is 6. The van der Waals surface area contributed by atoms with Gasteiger partial charge in [0.2, 0.25) is 0 Å². The third kappa shape index (κ3) is 3.08. The molecule has 0 radical (unpaired) electrons. The largest absolute Gasteiger partial charge is 0.494 e. The molecule has 3 rings (SSSR count). The molecule has 0 fully saturated rings. The molecule has 0 unspecified atom stereocenters. The van der Waals surface area contributed by atoms with E-state index in [4.69, 9.17) is 16.3 Å². The van der Waals surface area contributed by atoms with E-state index in [9.17, 15) is 19.8 Å². The van der Waals surface area contributed by atoms with Crippen LogP contribution in [-0.4, -0.2) is 17.0 Å². The Balaban J connectivity index is 2.29. The number of nitrogens with zero attached hydrogens (tertiary/aromatic N) is 3. The molecule has 2 aromatic carbocycles. The van der Waals surface area contributed by atoms with E-state index in [1.807, 2.05) is 6.07 Å². The van der Waals surface area contributed by atoms with Crippen molar-refractivity contribution in [2.75, 3.05) is 12.4 Å². The Labute approximate surface area is 151 Å². The number of fused-ring (bicyclic) bond motifs is 1. The highest BCUT2D eigenvalue weighted by atomic mass is 35.5. The summed E-state index contributed by atoms with van der Waals surface area (Å²) >= 11 is 5.75. The summed E-state index contributed by atoms with van der Waals surface area (Å²) in [5.41, 5.74) is 0.388. The van der Waals surface area contributed by atoms with Crippen LogP contribution in [0, 0.1) is 27.3 Å². The first-order valence-electron chi connectivity index (χ1n) is 7.22. The second-order valence-electron chi connectivity index (χ2n) is 5.21. The first kappa shape index (κ1) is 17.4. The van der Waals surface area contributed by atoms with Gasteiger partial charge in [0, 0.05) is 22.7 Å². The van der Waals surface area contributed by atoms with E-state index in [1.54, 1.807) is 0 Å². The van der Waals surface area contributed by atoms with Crippen molar-refractivity contribution in [3.05, 3.63) is 63.0 Å². The number of non-ortho nitro benzene ring substituents is 1. The minimum absolute atomic E-state index is 0.0591. The van der Waals surface area contributed by atoms with Gasteiger partial charge in [-0.1, -0.05) is 11.6 Å². The maximum atomic E-state index is 14.1. The van der Waals surface area contributed by atoms with Crippen LogP contribution in [0.15, 0.2) is 36.5 Å². The number of hydrogen-bond donors (Lipinski definition) is 1. The summed E-state index contributed by atoms with van der Waals surface area (Å²) in [6.07, 6.45) is 1.28. The van der Waals surface area contributed by atoms with Crippen molar-refractivity contribution in [3.63, 3.8) is 0 Å². The van der Waals surface area contributed by atoms with Crippen LogP contribution in [0.3, 0.4) is 0 Å². The van der Waals surface area contributed by atoms with E-state index >= 15 is 0 Å². The lowest BCUT2D eigenvalue weighted by Crippen LogP contribution is -2.01. The van der Waals surface area contributed by atoms with Crippen LogP contribution in [0.4, 0.5) is 21.5 Å². The molecule has 1 N–H and O–H groups in total. The fourth-order valence-corrected chi connectivity index (χ4v) is 2.62. The van der Waals surface area contributed by atoms with Gasteiger partial charge < -0.3 is 10.1 Å². The van der Waals surface area contributed by atoms with Crippen LogP contribution >= 0.6 is 11.6 Å². The number of nitro benzene ring substituents is 1. The van der Waals surface area contributed by atoms with Gasteiger partial charge in [0.05, 0.1) is 35.0 Å². The molecule has 0 saturated carbocycles. The second kappa shape index (κ2) is 6.82. The summed E-state index contributed by atoms with van der Waals surface area (Å²) in [4.78, 5) is 14.7. The molecule has 7 nitrogen and oxygen atoms in total. The number of ether oxygens (including phenoxy) is 1. The van der Waals surface area contributed by atoms with E-state index in [-0.39, 0.29) is 38.8 Å². The molecule has 0 aliphatic heterocycles. The average Bonchev–Trinajstić information content (AvgIpc) is 2.62. The number of halogens is 2. The Kier molecular flexibility index (Phi) is 4.56. The number of rotatable bonds is 4. The van der Waals surface area contributed by atoms with Gasteiger partial charge in [0.15, 0.2) is 5.75 Å². The number of pyridine rings is 1. The van der Waals surface area contributed by atoms with Gasteiger partial charge in [0.25, 0.3) is 5.69 Å². The highest BCUT2D eigenvalue weighted by Gasteiger charge is 2.19. The summed E-state index contributed by atoms with van der Waals surface area (Å²) < 4.78 is 19.3. The van der Waals surface area contributed by atoms with Crippen molar-refractivity contribution in [1.82, 2.24) is 4.98 Å². The normalized spacial score (nSPS) is 10.4. The average molecular weight is 373 g/mol. The third-order valence-electron chi connectivity index (χ3n) is 3.66. The van der Waals surface area contributed by atoms with Crippen LogP contribution < -0.4 is 10.1 Å². The number of anilines is 2. The number of nitriles is 1. The van der Waals surface area contributed by atoms with Crippen LogP contribution in [0.2, 0.25) is 5.02 Å². The van der Waals surface area contributed by atoms with Gasteiger partial charge in [-0.2, -0.15) is 5.26 Å². The van der Waals surface area contributed by atoms with E-state index < -0.39 is 10.7 Å². The first-order valence-corrected chi connectivity index (χ1v) is 7.59. The number of nitro groups is 1. The van der Waals surface area contributed by atoms with Crippen molar-refractivity contribution < 1.29 is 14.1 Å². The number of aromatic nitrogens is 1. The fourth-order valence-electron chi connectivity index (χ4n) is 2.46. The smallest absolute Gasteiger partial charge is 0.273 e. The molecule has 0 spiro atoms. The molecular formula is C17H10ClFN4O3. The SMILES string of the molecule is COc1cc([N+](=O)[O-])cc2c(Nc3ccc(Cl)cc3F)c(C#N)cnc12. The lowest BCUT2D eigenvalue weighted by Gasteiger charge is -2.13. The highest BCUT2D eigenvalue weighted by molar-refractivity contribution is 6.30. The van der Waals surface area contributed by atoms with Crippen molar-refractivity contribution >= 4 is 39.6 Å². The molecule has 0 aliphatic carbocycles. The van der Waals surface area contributed by atoms with Gasteiger partial charge >= 0.3 is 0 Å². The molecule has 0 atom stereocenters. The molecule has 0 bridgehead atoms. The Bertz CT molecular complexity index is 1080. The van der Waals surface area contributed by atoms with E-state index in [0.29, 0.717) is 5.52 Å². The molecule has 1 heterocycles. The molecule has 0 saturated heterocycles.